The summed E-state index contributed by atoms with van der Waals surface area (Å²) in [6.45, 7) is 29.3. The summed E-state index contributed by atoms with van der Waals surface area (Å²) in [5.41, 5.74) is 5.07. The van der Waals surface area contributed by atoms with Gasteiger partial charge in [-0.25, -0.2) is 24.7 Å². The van der Waals surface area contributed by atoms with Gasteiger partial charge < -0.3 is 30.4 Å². The lowest BCUT2D eigenvalue weighted by Gasteiger charge is -2.20. The van der Waals surface area contributed by atoms with Crippen LogP contribution in [0, 0.1) is 0 Å². The van der Waals surface area contributed by atoms with Crippen molar-refractivity contribution in [3.05, 3.63) is 151 Å². The van der Waals surface area contributed by atoms with Crippen LogP contribution in [0.4, 0.5) is 28.1 Å². The minimum Gasteiger partial charge on any atom is -0.443 e. The van der Waals surface area contributed by atoms with Gasteiger partial charge in [-0.2, -0.15) is 0 Å². The molecule has 0 radical (unpaired) electrons. The number of hydrogen-bond donors (Lipinski definition) is 5. The maximum Gasteiger partial charge on any atom is 0.490 e. The van der Waals surface area contributed by atoms with Crippen molar-refractivity contribution in [2.75, 3.05) is 10.6 Å². The number of ether oxygens (including phenoxy) is 1. The van der Waals surface area contributed by atoms with Gasteiger partial charge in [0, 0.05) is 52.6 Å². The van der Waals surface area contributed by atoms with E-state index in [0.717, 1.165) is 33.5 Å². The minimum absolute atomic E-state index is 0.272. The Labute approximate surface area is 405 Å². The lowest BCUT2D eigenvalue weighted by molar-refractivity contribution is 0.0544. The molecule has 0 spiro atoms. The van der Waals surface area contributed by atoms with Crippen LogP contribution in [0.5, 0.6) is 0 Å². The molecule has 0 saturated carbocycles. The van der Waals surface area contributed by atoms with Crippen molar-refractivity contribution in [3.63, 3.8) is 0 Å². The predicted molar refractivity (Wildman–Crippen MR) is 287 cm³/mol. The monoisotopic (exact) mass is 933 g/mol. The molecule has 0 fully saturated rings. The van der Waals surface area contributed by atoms with Gasteiger partial charge in [0.05, 0.1) is 16.7 Å². The van der Waals surface area contributed by atoms with Gasteiger partial charge in [0.2, 0.25) is 11.9 Å². The molecule has 0 aliphatic carbocycles. The Balaban J connectivity index is 0.000000889. The molecule has 0 amide bonds. The summed E-state index contributed by atoms with van der Waals surface area (Å²) in [5, 5.41) is 27.4. The highest BCUT2D eigenvalue weighted by Crippen LogP contribution is 2.27. The molecule has 0 saturated heterocycles. The molecule has 8 aromatic rings. The Bertz CT molecular complexity index is 2490. The topological polar surface area (TPSA) is 163 Å². The Morgan fingerprint density at radius 1 is 0.627 bits per heavy atom. The van der Waals surface area contributed by atoms with Crippen LogP contribution < -0.4 is 16.1 Å². The van der Waals surface area contributed by atoms with Gasteiger partial charge in [0.25, 0.3) is 0 Å². The number of aromatic amines is 1. The second-order valence-electron chi connectivity index (χ2n) is 13.0. The van der Waals surface area contributed by atoms with Crippen LogP contribution in [0.25, 0.3) is 33.1 Å². The van der Waals surface area contributed by atoms with E-state index in [9.17, 15) is 14.8 Å². The maximum atomic E-state index is 12.1. The van der Waals surface area contributed by atoms with E-state index in [-0.39, 0.29) is 5.46 Å². The Kier molecular flexibility index (Phi) is 31.4. The Morgan fingerprint density at radius 3 is 1.66 bits per heavy atom. The molecule has 4 heterocycles. The van der Waals surface area contributed by atoms with E-state index in [4.69, 9.17) is 16.3 Å². The summed E-state index contributed by atoms with van der Waals surface area (Å²) in [6.07, 6.45) is 6.34. The van der Waals surface area contributed by atoms with Crippen molar-refractivity contribution in [1.29, 1.82) is 0 Å². The molecule has 0 bridgehead atoms. The zero-order valence-corrected chi connectivity index (χ0v) is 43.0. The van der Waals surface area contributed by atoms with E-state index in [2.05, 4.69) is 53.8 Å². The van der Waals surface area contributed by atoms with Crippen molar-refractivity contribution in [3.8, 4) is 11.3 Å². The van der Waals surface area contributed by atoms with Gasteiger partial charge >= 0.3 is 13.2 Å². The molecule has 12 nitrogen and oxygen atoms in total. The third-order valence-electron chi connectivity index (χ3n) is 7.81. The lowest BCUT2D eigenvalue weighted by atomic mass is 9.79. The predicted octanol–water partition coefficient (Wildman–Crippen LogP) is 14.5. The van der Waals surface area contributed by atoms with E-state index in [0.29, 0.717) is 22.6 Å². The Hall–Kier alpha value is -6.54. The molecule has 5 N–H and O–H groups in total. The quantitative estimate of drug-likeness (QED) is 0.0801. The number of halogens is 1. The SMILES string of the molecule is CC.CC.CC.CC.CC.CC.CC(C)(C)OC(=O)n1ccc2cccc(B(O)O)c21.Clc1ccnc(Nc2ccccc2)n1.c1ccc(Nc2nccc(-c3cccc4cc[nH]c34)n2)cc1. The number of anilines is 4. The third-order valence-corrected chi connectivity index (χ3v) is 8.02. The molecule has 67 heavy (non-hydrogen) atoms. The molecule has 4 aromatic carbocycles. The number of para-hydroxylation sites is 4. The zero-order chi connectivity index (χ0) is 50.8. The van der Waals surface area contributed by atoms with E-state index < -0.39 is 18.8 Å². The number of benzene rings is 4. The molecule has 360 valence electrons. The number of rotatable bonds is 6. The van der Waals surface area contributed by atoms with E-state index >= 15 is 0 Å². The van der Waals surface area contributed by atoms with Crippen LogP contribution in [0.3, 0.4) is 0 Å². The molecule has 8 rings (SSSR count). The summed E-state index contributed by atoms with van der Waals surface area (Å²) in [5.74, 6) is 1.09. The summed E-state index contributed by atoms with van der Waals surface area (Å²) in [6, 6.07) is 38.2. The lowest BCUT2D eigenvalue weighted by Crippen LogP contribution is -2.33. The number of fused-ring (bicyclic) bond motifs is 2. The number of H-pyrrole nitrogens is 1. The first-order valence-corrected chi connectivity index (χ1v) is 23.6. The Morgan fingerprint density at radius 2 is 1.13 bits per heavy atom. The summed E-state index contributed by atoms with van der Waals surface area (Å²) in [4.78, 5) is 32.3. The third kappa shape index (κ3) is 20.7. The fraction of sp³-hybridized carbons (Fsp3) is 0.302. The maximum absolute atomic E-state index is 12.1. The van der Waals surface area contributed by atoms with Crippen LogP contribution in [-0.4, -0.2) is 58.3 Å². The fourth-order valence-corrected chi connectivity index (χ4v) is 5.60. The number of nitrogens with one attached hydrogen (secondary N) is 3. The molecule has 14 heteroatoms. The van der Waals surface area contributed by atoms with Crippen LogP contribution in [0.15, 0.2) is 146 Å². The first-order valence-electron chi connectivity index (χ1n) is 23.3. The highest BCUT2D eigenvalue weighted by atomic mass is 35.5. The van der Waals surface area contributed by atoms with Crippen LogP contribution >= 0.6 is 11.6 Å². The van der Waals surface area contributed by atoms with Crippen LogP contribution in [-0.2, 0) is 4.74 Å². The number of carbonyl (C=O) groups excluding carboxylic acids is 1. The normalized spacial score (nSPS) is 9.40. The summed E-state index contributed by atoms with van der Waals surface area (Å²) >= 11 is 5.72. The number of aromatic nitrogens is 6. The second kappa shape index (κ2) is 34.8. The minimum atomic E-state index is -1.64. The average molecular weight is 933 g/mol. The highest BCUT2D eigenvalue weighted by Gasteiger charge is 2.23. The standard InChI is InChI=1S/C18H14N4.C13H16BNO4.C10H8ClN3.6C2H6/c1-2-6-14(7-3-1)21-18-20-12-10-16(22-18)15-8-4-5-13-9-11-19-17(13)15;1-13(2,3)19-12(16)15-8-7-9-5-4-6-10(11(9)15)14(17)18;11-9-6-7-12-10(14-9)13-8-4-2-1-3-5-8;6*1-2/h1-12,19H,(H,20,21,22);4-8,17-18H,1-3H3;1-7H,(H,12,13,14);6*1-2H3. The van der Waals surface area contributed by atoms with E-state index in [1.807, 2.05) is 162 Å². The number of nitrogens with zero attached hydrogens (tertiary/aromatic N) is 5. The van der Waals surface area contributed by atoms with Crippen LogP contribution in [0.2, 0.25) is 5.15 Å². The van der Waals surface area contributed by atoms with Gasteiger partial charge in [-0.05, 0) is 74.7 Å². The summed E-state index contributed by atoms with van der Waals surface area (Å²) in [7, 11) is -1.64. The van der Waals surface area contributed by atoms with Crippen molar-refractivity contribution in [1.82, 2.24) is 29.5 Å². The smallest absolute Gasteiger partial charge is 0.443 e. The first-order chi connectivity index (χ1) is 32.5. The van der Waals surface area contributed by atoms with Crippen molar-refractivity contribution in [2.24, 2.45) is 0 Å². The molecule has 4 aromatic heterocycles. The van der Waals surface area contributed by atoms with Crippen molar-refractivity contribution < 1.29 is 19.6 Å². The fourth-order valence-electron chi connectivity index (χ4n) is 5.46. The molecule has 0 aliphatic rings. The first kappa shape index (κ1) is 60.5. The van der Waals surface area contributed by atoms with Crippen LogP contribution in [0.1, 0.15) is 104 Å². The highest BCUT2D eigenvalue weighted by molar-refractivity contribution is 6.61. The second-order valence-corrected chi connectivity index (χ2v) is 13.4. The largest absolute Gasteiger partial charge is 0.490 e. The van der Waals surface area contributed by atoms with Crippen molar-refractivity contribution >= 4 is 75.4 Å². The van der Waals surface area contributed by atoms with E-state index in [1.54, 1.807) is 69.7 Å². The van der Waals surface area contributed by atoms with Gasteiger partial charge in [-0.3, -0.25) is 4.57 Å². The molecule has 0 atom stereocenters. The zero-order valence-electron chi connectivity index (χ0n) is 42.3. The van der Waals surface area contributed by atoms with Gasteiger partial charge in [-0.1, -0.05) is 167 Å². The van der Waals surface area contributed by atoms with Gasteiger partial charge in [0.15, 0.2) is 0 Å². The molecule has 0 unspecified atom stereocenters. The number of carbonyl (C=O) groups is 1. The number of hydrogen-bond acceptors (Lipinski definition) is 10. The van der Waals surface area contributed by atoms with Gasteiger partial charge in [-0.15, -0.1) is 0 Å². The molecular weight excluding hydrogens is 859 g/mol. The summed E-state index contributed by atoms with van der Waals surface area (Å²) < 4.78 is 6.57. The van der Waals surface area contributed by atoms with E-state index in [1.165, 1.54) is 9.95 Å². The van der Waals surface area contributed by atoms with Gasteiger partial charge in [0.1, 0.15) is 10.8 Å². The average Bonchev–Trinajstić information content (AvgIpc) is 4.05. The molecule has 0 aliphatic heterocycles. The van der Waals surface area contributed by atoms with Crippen molar-refractivity contribution in [2.45, 2.75) is 109 Å². The molecular formula is C53H74BClN8O4.